The summed E-state index contributed by atoms with van der Waals surface area (Å²) in [7, 11) is 0. The highest BCUT2D eigenvalue weighted by atomic mass is 19.3. The minimum absolute atomic E-state index is 0.107. The smallest absolute Gasteiger partial charge is 0.265 e. The molecular formula is C10H12F2N4O. The lowest BCUT2D eigenvalue weighted by Gasteiger charge is -2.12. The van der Waals surface area contributed by atoms with Crippen molar-refractivity contribution in [3.05, 3.63) is 16.8 Å². The van der Waals surface area contributed by atoms with E-state index in [0.717, 1.165) is 0 Å². The first-order valence-electron chi connectivity index (χ1n) is 4.91. The third-order valence-corrected chi connectivity index (χ3v) is 2.34. The molecule has 0 amide bonds. The Labute approximate surface area is 97.1 Å². The van der Waals surface area contributed by atoms with Crippen molar-refractivity contribution < 1.29 is 13.9 Å². The molecule has 0 aliphatic rings. The van der Waals surface area contributed by atoms with Crippen LogP contribution in [0, 0.1) is 25.2 Å². The third kappa shape index (κ3) is 3.07. The summed E-state index contributed by atoms with van der Waals surface area (Å²) in [6, 6.07) is 1.92. The van der Waals surface area contributed by atoms with Crippen LogP contribution >= 0.6 is 0 Å². The van der Waals surface area contributed by atoms with Gasteiger partial charge in [0.25, 0.3) is 6.43 Å². The number of aromatic nitrogens is 2. The highest BCUT2D eigenvalue weighted by Gasteiger charge is 2.18. The minimum atomic E-state index is -2.84. The molecule has 2 N–H and O–H groups in total. The zero-order chi connectivity index (χ0) is 13.0. The number of nitrogens with one attached hydrogen (secondary N) is 1. The summed E-state index contributed by atoms with van der Waals surface area (Å²) in [5.41, 5.74) is 1.48. The van der Waals surface area contributed by atoms with E-state index in [-0.39, 0.29) is 17.9 Å². The molecule has 5 nitrogen and oxygen atoms in total. The quantitative estimate of drug-likeness (QED) is 0.823. The lowest BCUT2D eigenvalue weighted by molar-refractivity contribution is 0.00379. The predicted octanol–water partition coefficient (Wildman–Crippen LogP) is 1.00. The Morgan fingerprint density at radius 3 is 2.59 bits per heavy atom. The molecule has 0 saturated heterocycles. The summed E-state index contributed by atoms with van der Waals surface area (Å²) in [5.74, 6) is 0.107. The van der Waals surface area contributed by atoms with Crippen molar-refractivity contribution in [2.75, 3.05) is 11.9 Å². The lowest BCUT2D eigenvalue weighted by Crippen LogP contribution is -2.27. The molecule has 92 valence electrons. The van der Waals surface area contributed by atoms with Gasteiger partial charge in [-0.3, -0.25) is 0 Å². The topological polar surface area (TPSA) is 81.8 Å². The Kier molecular flexibility index (Phi) is 4.29. The largest absolute Gasteiger partial charge is 0.385 e. The molecule has 0 radical (unpaired) electrons. The van der Waals surface area contributed by atoms with Crippen LogP contribution in [0.1, 0.15) is 16.8 Å². The number of halogens is 2. The Balaban J connectivity index is 2.86. The summed E-state index contributed by atoms with van der Waals surface area (Å²) in [5, 5.41) is 27.8. The van der Waals surface area contributed by atoms with Gasteiger partial charge in [-0.05, 0) is 19.4 Å². The van der Waals surface area contributed by atoms with E-state index < -0.39 is 12.5 Å². The normalized spacial score (nSPS) is 12.3. The van der Waals surface area contributed by atoms with Gasteiger partial charge in [-0.15, -0.1) is 5.10 Å². The summed E-state index contributed by atoms with van der Waals surface area (Å²) < 4.78 is 24.1. The molecule has 1 unspecified atom stereocenters. The monoisotopic (exact) mass is 242 g/mol. The zero-order valence-corrected chi connectivity index (χ0v) is 9.41. The first-order chi connectivity index (χ1) is 7.97. The van der Waals surface area contributed by atoms with Gasteiger partial charge in [0.05, 0.1) is 5.69 Å². The summed E-state index contributed by atoms with van der Waals surface area (Å²) >= 11 is 0. The molecule has 0 aliphatic heterocycles. The SMILES string of the molecule is Cc1nnc(NCC(O)C(F)F)c(C#N)c1C. The highest BCUT2D eigenvalue weighted by Crippen LogP contribution is 2.17. The molecule has 7 heteroatoms. The van der Waals surface area contributed by atoms with Crippen molar-refractivity contribution >= 4 is 5.82 Å². The van der Waals surface area contributed by atoms with Crippen molar-refractivity contribution in [2.24, 2.45) is 0 Å². The fourth-order valence-electron chi connectivity index (χ4n) is 1.16. The van der Waals surface area contributed by atoms with Gasteiger partial charge in [0.1, 0.15) is 17.7 Å². The molecule has 0 saturated carbocycles. The highest BCUT2D eigenvalue weighted by molar-refractivity contribution is 5.55. The summed E-state index contributed by atoms with van der Waals surface area (Å²) in [6.45, 7) is 3.00. The Bertz CT molecular complexity index is 445. The van der Waals surface area contributed by atoms with E-state index in [9.17, 15) is 8.78 Å². The molecule has 0 fully saturated rings. The van der Waals surface area contributed by atoms with Crippen molar-refractivity contribution in [3.8, 4) is 6.07 Å². The summed E-state index contributed by atoms with van der Waals surface area (Å²) in [6.07, 6.45) is -4.64. The molecule has 0 aromatic carbocycles. The predicted molar refractivity (Wildman–Crippen MR) is 56.7 cm³/mol. The first kappa shape index (κ1) is 13.3. The van der Waals surface area contributed by atoms with Crippen LogP contribution in [0.4, 0.5) is 14.6 Å². The van der Waals surface area contributed by atoms with Crippen LogP contribution in [0.3, 0.4) is 0 Å². The number of hydrogen-bond acceptors (Lipinski definition) is 5. The lowest BCUT2D eigenvalue weighted by atomic mass is 10.1. The number of nitrogens with zero attached hydrogens (tertiary/aromatic N) is 3. The molecule has 1 heterocycles. The summed E-state index contributed by atoms with van der Waals surface area (Å²) in [4.78, 5) is 0. The van der Waals surface area contributed by atoms with Gasteiger partial charge < -0.3 is 10.4 Å². The van der Waals surface area contributed by atoms with E-state index in [1.807, 2.05) is 6.07 Å². The molecule has 0 aliphatic carbocycles. The molecule has 1 aromatic heterocycles. The van der Waals surface area contributed by atoms with E-state index >= 15 is 0 Å². The zero-order valence-electron chi connectivity index (χ0n) is 9.41. The maximum atomic E-state index is 12.1. The number of hydrogen-bond donors (Lipinski definition) is 2. The van der Waals surface area contributed by atoms with Gasteiger partial charge in [-0.2, -0.15) is 10.4 Å². The molecule has 1 atom stereocenters. The van der Waals surface area contributed by atoms with Gasteiger partial charge in [0, 0.05) is 6.54 Å². The standard InChI is InChI=1S/C10H12F2N4O/c1-5-6(2)15-16-10(7(5)3-13)14-4-8(17)9(11)12/h8-9,17H,4H2,1-2H3,(H,14,16). The van der Waals surface area contributed by atoms with Crippen LogP contribution in [0.25, 0.3) is 0 Å². The van der Waals surface area contributed by atoms with Gasteiger partial charge in [0.15, 0.2) is 5.82 Å². The van der Waals surface area contributed by atoms with Crippen LogP contribution in [0.2, 0.25) is 0 Å². The van der Waals surface area contributed by atoms with Crippen LogP contribution in [0.15, 0.2) is 0 Å². The first-order valence-corrected chi connectivity index (χ1v) is 4.91. The van der Waals surface area contributed by atoms with E-state index in [0.29, 0.717) is 11.3 Å². The molecule has 17 heavy (non-hydrogen) atoms. The van der Waals surface area contributed by atoms with Gasteiger partial charge in [-0.1, -0.05) is 0 Å². The van der Waals surface area contributed by atoms with Crippen LogP contribution < -0.4 is 5.32 Å². The number of anilines is 1. The van der Waals surface area contributed by atoms with Gasteiger partial charge in [0.2, 0.25) is 0 Å². The number of alkyl halides is 2. The second-order valence-electron chi connectivity index (χ2n) is 3.53. The molecule has 0 bridgehead atoms. The van der Waals surface area contributed by atoms with E-state index in [1.54, 1.807) is 13.8 Å². The fraction of sp³-hybridized carbons (Fsp3) is 0.500. The number of rotatable bonds is 4. The maximum absolute atomic E-state index is 12.1. The van der Waals surface area contributed by atoms with Crippen LogP contribution in [0.5, 0.6) is 0 Å². The number of aliphatic hydroxyl groups excluding tert-OH is 1. The van der Waals surface area contributed by atoms with E-state index in [2.05, 4.69) is 15.5 Å². The number of aryl methyl sites for hydroxylation is 1. The number of aliphatic hydroxyl groups is 1. The fourth-order valence-corrected chi connectivity index (χ4v) is 1.16. The third-order valence-electron chi connectivity index (χ3n) is 2.34. The Hall–Kier alpha value is -1.81. The molecule has 1 rings (SSSR count). The average Bonchev–Trinajstić information content (AvgIpc) is 2.30. The van der Waals surface area contributed by atoms with Crippen molar-refractivity contribution in [3.63, 3.8) is 0 Å². The molecule has 0 spiro atoms. The molecular weight excluding hydrogens is 230 g/mol. The van der Waals surface area contributed by atoms with Crippen molar-refractivity contribution in [1.29, 1.82) is 5.26 Å². The second kappa shape index (κ2) is 5.50. The van der Waals surface area contributed by atoms with Crippen LogP contribution in [-0.2, 0) is 0 Å². The Morgan fingerprint density at radius 2 is 2.06 bits per heavy atom. The van der Waals surface area contributed by atoms with Crippen molar-refractivity contribution in [2.45, 2.75) is 26.4 Å². The van der Waals surface area contributed by atoms with Gasteiger partial charge in [-0.25, -0.2) is 8.78 Å². The number of nitriles is 1. The van der Waals surface area contributed by atoms with Crippen LogP contribution in [-0.4, -0.2) is 34.4 Å². The van der Waals surface area contributed by atoms with E-state index in [4.69, 9.17) is 10.4 Å². The second-order valence-corrected chi connectivity index (χ2v) is 3.53. The minimum Gasteiger partial charge on any atom is -0.385 e. The molecule has 1 aromatic rings. The van der Waals surface area contributed by atoms with Gasteiger partial charge >= 0.3 is 0 Å². The Morgan fingerprint density at radius 1 is 1.41 bits per heavy atom. The van der Waals surface area contributed by atoms with Crippen molar-refractivity contribution in [1.82, 2.24) is 10.2 Å². The maximum Gasteiger partial charge on any atom is 0.265 e. The van der Waals surface area contributed by atoms with E-state index in [1.165, 1.54) is 0 Å². The average molecular weight is 242 g/mol.